The second kappa shape index (κ2) is 23.6. The van der Waals surface area contributed by atoms with E-state index in [9.17, 15) is 0 Å². The van der Waals surface area contributed by atoms with Gasteiger partial charge >= 0.3 is 24.8 Å². The summed E-state index contributed by atoms with van der Waals surface area (Å²) in [5, 5.41) is 0. The molecule has 0 atom stereocenters. The van der Waals surface area contributed by atoms with Gasteiger partial charge in [0.05, 0.1) is 0 Å². The molecule has 0 amide bonds. The fourth-order valence-corrected chi connectivity index (χ4v) is 0.581. The molecule has 0 bridgehead atoms. The first-order valence-corrected chi connectivity index (χ1v) is 4.67. The second-order valence-corrected chi connectivity index (χ2v) is 1.82. The van der Waals surface area contributed by atoms with Gasteiger partial charge in [-0.1, -0.05) is 0 Å². The van der Waals surface area contributed by atoms with Gasteiger partial charge in [0.1, 0.15) is 0 Å². The minimum Gasteiger partial charge on any atom is -0.484 e. The van der Waals surface area contributed by atoms with Crippen LogP contribution in [-0.2, 0) is 20.0 Å². The Morgan fingerprint density at radius 2 is 1.93 bits per heavy atom. The van der Waals surface area contributed by atoms with E-state index >= 15 is 0 Å². The summed E-state index contributed by atoms with van der Waals surface area (Å²) in [7, 11) is 0. The molecule has 1 aromatic rings. The molecular weight excluding hydrogens is 265 g/mol. The van der Waals surface area contributed by atoms with Gasteiger partial charge in [-0.3, -0.25) is 6.08 Å². The van der Waals surface area contributed by atoms with Gasteiger partial charge in [0.15, 0.2) is 0 Å². The number of nitrogens with one attached hydrogen (secondary N) is 1. The Balaban J connectivity index is -0.0000000592. The SMILES string of the molecule is Cl.Cl.[C-]1=CC=CC1.[CH2]=[Ti].[CH3-].[c-]1ccc[nH]1. The third kappa shape index (κ3) is 20.1. The number of aromatic amines is 1. The molecule has 4 heteroatoms. The zero-order valence-corrected chi connectivity index (χ0v) is 11.9. The molecule has 2 rings (SSSR count). The molecule has 1 N–H and O–H groups in total. The van der Waals surface area contributed by atoms with Crippen molar-refractivity contribution in [3.63, 3.8) is 0 Å². The van der Waals surface area contributed by atoms with Gasteiger partial charge in [-0.2, -0.15) is 24.4 Å². The van der Waals surface area contributed by atoms with Crippen LogP contribution in [0.5, 0.6) is 0 Å². The average molecular weight is 281 g/mol. The molecule has 0 radical (unpaired) electrons. The monoisotopic (exact) mass is 280 g/mol. The van der Waals surface area contributed by atoms with E-state index in [2.05, 4.69) is 28.2 Å². The van der Waals surface area contributed by atoms with Crippen molar-refractivity contribution in [3.05, 3.63) is 56.3 Å². The van der Waals surface area contributed by atoms with Crippen LogP contribution in [0.3, 0.4) is 0 Å². The van der Waals surface area contributed by atoms with E-state index in [0.717, 1.165) is 6.42 Å². The Labute approximate surface area is 117 Å². The average Bonchev–Trinajstić information content (AvgIpc) is 2.87. The zero-order chi connectivity index (χ0) is 9.07. The Kier molecular flexibility index (Phi) is 38.2. The molecule has 1 nitrogen and oxygen atoms in total. The molecule has 0 saturated heterocycles. The normalized spacial score (nSPS) is 8.73. The van der Waals surface area contributed by atoms with E-state index in [0.29, 0.717) is 0 Å². The molecule has 86 valence electrons. The van der Waals surface area contributed by atoms with E-state index in [-0.39, 0.29) is 32.2 Å². The van der Waals surface area contributed by atoms with Crippen molar-refractivity contribution in [2.75, 3.05) is 0 Å². The summed E-state index contributed by atoms with van der Waals surface area (Å²) in [4.78, 5) is 5.99. The van der Waals surface area contributed by atoms with Crippen LogP contribution in [0.1, 0.15) is 6.42 Å². The summed E-state index contributed by atoms with van der Waals surface area (Å²) in [5.41, 5.74) is 0. The molecule has 0 unspecified atom stereocenters. The molecule has 1 heterocycles. The van der Waals surface area contributed by atoms with Gasteiger partial charge in [-0.05, 0) is 0 Å². The van der Waals surface area contributed by atoms with E-state index in [1.807, 2.05) is 30.5 Å². The molecule has 1 aliphatic carbocycles. The van der Waals surface area contributed by atoms with Crippen LogP contribution in [-0.4, -0.2) is 9.80 Å². The smallest absolute Gasteiger partial charge is 0.108 e. The summed E-state index contributed by atoms with van der Waals surface area (Å²) >= 11 is 1.75. The zero-order valence-electron chi connectivity index (χ0n) is 8.69. The van der Waals surface area contributed by atoms with Crippen molar-refractivity contribution < 1.29 is 20.0 Å². The predicted molar refractivity (Wildman–Crippen MR) is 69.2 cm³/mol. The van der Waals surface area contributed by atoms with Crippen molar-refractivity contribution in [2.45, 2.75) is 6.42 Å². The first kappa shape index (κ1) is 24.2. The Morgan fingerprint density at radius 1 is 1.27 bits per heavy atom. The van der Waals surface area contributed by atoms with Crippen LogP contribution >= 0.6 is 24.8 Å². The standard InChI is InChI=1S/C5H5.C4H4N.CH3.CH2.2ClH.Ti/c2*1-2-4-5-3-1;;;;;/h1-3H,4H2;1-3,5H;1H3;1H2;2*1H;/q3*-1;;;;. The van der Waals surface area contributed by atoms with Crippen LogP contribution < -0.4 is 0 Å². The van der Waals surface area contributed by atoms with Crippen molar-refractivity contribution in [1.82, 2.24) is 4.98 Å². The minimum atomic E-state index is 0. The molecule has 1 aromatic heterocycles. The molecule has 0 aromatic carbocycles. The molecule has 0 spiro atoms. The molecule has 0 saturated carbocycles. The number of rotatable bonds is 0. The summed E-state index contributed by atoms with van der Waals surface area (Å²) < 4.78 is 0. The summed E-state index contributed by atoms with van der Waals surface area (Å²) in [6.45, 7) is 0. The number of hydrogen-bond acceptors (Lipinski definition) is 0. The third-order valence-corrected chi connectivity index (χ3v) is 1.03. The predicted octanol–water partition coefficient (Wildman–Crippen LogP) is 3.38. The third-order valence-electron chi connectivity index (χ3n) is 1.03. The Morgan fingerprint density at radius 3 is 2.07 bits per heavy atom. The van der Waals surface area contributed by atoms with Crippen LogP contribution in [0.15, 0.2) is 36.6 Å². The van der Waals surface area contributed by atoms with Crippen LogP contribution in [0.25, 0.3) is 0 Å². The summed E-state index contributed by atoms with van der Waals surface area (Å²) in [6.07, 6.45) is 14.6. The number of allylic oxidation sites excluding steroid dienone is 4. The van der Waals surface area contributed by atoms with Gasteiger partial charge in [0, 0.05) is 0 Å². The van der Waals surface area contributed by atoms with E-state index in [4.69, 9.17) is 0 Å². The van der Waals surface area contributed by atoms with E-state index < -0.39 is 0 Å². The fraction of sp³-hybridized carbons (Fsp3) is 0.0909. The topological polar surface area (TPSA) is 15.8 Å². The minimum absolute atomic E-state index is 0. The van der Waals surface area contributed by atoms with Gasteiger partial charge in [0.25, 0.3) is 0 Å². The number of hydrogen-bond donors (Lipinski definition) is 1. The Bertz CT molecular complexity index is 193. The largest absolute Gasteiger partial charge is 0.484 e. The maximum absolute atomic E-state index is 3.25. The Hall–Kier alpha value is -0.0757. The first-order chi connectivity index (χ1) is 6.00. The van der Waals surface area contributed by atoms with Crippen LogP contribution in [0, 0.1) is 19.7 Å². The number of H-pyrrole nitrogens is 1. The van der Waals surface area contributed by atoms with Crippen molar-refractivity contribution >= 4 is 29.6 Å². The van der Waals surface area contributed by atoms with E-state index in [1.165, 1.54) is 0 Å². The summed E-state index contributed by atoms with van der Waals surface area (Å²) in [6, 6.07) is 3.71. The van der Waals surface area contributed by atoms with Gasteiger partial charge in [0.2, 0.25) is 0 Å². The van der Waals surface area contributed by atoms with Crippen LogP contribution in [0.4, 0.5) is 0 Å². The molecule has 0 aliphatic heterocycles. The van der Waals surface area contributed by atoms with Crippen molar-refractivity contribution in [2.24, 2.45) is 0 Å². The number of halogens is 2. The molecule has 1 aliphatic rings. The maximum Gasteiger partial charge on any atom is -0.108 e. The van der Waals surface area contributed by atoms with Gasteiger partial charge in [-0.25, -0.2) is 12.2 Å². The molecule has 15 heavy (non-hydrogen) atoms. The quantitative estimate of drug-likeness (QED) is 0.554. The maximum atomic E-state index is 3.25. The van der Waals surface area contributed by atoms with E-state index in [1.54, 1.807) is 20.0 Å². The van der Waals surface area contributed by atoms with Gasteiger partial charge in [-0.15, -0.1) is 37.4 Å². The first-order valence-electron chi connectivity index (χ1n) is 3.56. The summed E-state index contributed by atoms with van der Waals surface area (Å²) in [5.74, 6) is 0. The second-order valence-electron chi connectivity index (χ2n) is 1.82. The van der Waals surface area contributed by atoms with Crippen molar-refractivity contribution in [1.29, 1.82) is 0 Å². The van der Waals surface area contributed by atoms with Crippen molar-refractivity contribution in [3.8, 4) is 0 Å². The molecule has 0 fully saturated rings. The number of aromatic nitrogens is 1. The fourth-order valence-electron chi connectivity index (χ4n) is 0.581. The van der Waals surface area contributed by atoms with Crippen LogP contribution in [0.2, 0.25) is 0 Å². The molecular formula is C11H16Cl2NTi-3. The van der Waals surface area contributed by atoms with Gasteiger partial charge < -0.3 is 12.4 Å².